The minimum absolute atomic E-state index is 0.114. The van der Waals surface area contributed by atoms with E-state index in [-0.39, 0.29) is 23.9 Å². The average Bonchev–Trinajstić information content (AvgIpc) is 2.63. The number of aromatic nitrogens is 2. The molecule has 0 spiro atoms. The summed E-state index contributed by atoms with van der Waals surface area (Å²) in [5.41, 5.74) is 1.32. The molecule has 27 heavy (non-hydrogen) atoms. The highest BCUT2D eigenvalue weighted by Gasteiger charge is 2.14. The number of fused-ring (bicyclic) bond motifs is 1. The van der Waals surface area contributed by atoms with E-state index in [4.69, 9.17) is 23.2 Å². The Hall–Kier alpha value is -2.37. The van der Waals surface area contributed by atoms with Crippen LogP contribution in [-0.4, -0.2) is 15.5 Å². The minimum Gasteiger partial charge on any atom is -0.350 e. The molecule has 3 aromatic rings. The van der Waals surface area contributed by atoms with Gasteiger partial charge in [-0.15, -0.1) is 0 Å². The normalized spacial score (nSPS) is 12.1. The fourth-order valence-electron chi connectivity index (χ4n) is 2.96. The van der Waals surface area contributed by atoms with Gasteiger partial charge in [-0.2, -0.15) is 0 Å². The molecule has 1 N–H and O–H groups in total. The molecule has 5 nitrogen and oxygen atoms in total. The van der Waals surface area contributed by atoms with Crippen LogP contribution in [0.15, 0.2) is 47.3 Å². The first-order valence-corrected chi connectivity index (χ1v) is 9.31. The van der Waals surface area contributed by atoms with Crippen LogP contribution in [0.3, 0.4) is 0 Å². The maximum Gasteiger partial charge on any atom is 0.261 e. The molecule has 0 unspecified atom stereocenters. The number of amides is 1. The van der Waals surface area contributed by atoms with Gasteiger partial charge in [-0.3, -0.25) is 14.2 Å². The van der Waals surface area contributed by atoms with E-state index in [2.05, 4.69) is 10.3 Å². The van der Waals surface area contributed by atoms with Crippen molar-refractivity contribution in [3.63, 3.8) is 0 Å². The van der Waals surface area contributed by atoms with Gasteiger partial charge in [-0.1, -0.05) is 41.4 Å². The van der Waals surface area contributed by atoms with Crippen LogP contribution in [0.4, 0.5) is 0 Å². The molecule has 1 amide bonds. The number of hydrogen-bond donors (Lipinski definition) is 1. The van der Waals surface area contributed by atoms with E-state index in [1.54, 1.807) is 37.4 Å². The summed E-state index contributed by atoms with van der Waals surface area (Å²) in [6.07, 6.45) is 0.581. The van der Waals surface area contributed by atoms with Gasteiger partial charge in [0.15, 0.2) is 0 Å². The number of halogens is 2. The zero-order valence-electron chi connectivity index (χ0n) is 15.0. The first-order chi connectivity index (χ1) is 12.9. The van der Waals surface area contributed by atoms with Crippen molar-refractivity contribution in [3.8, 4) is 0 Å². The Morgan fingerprint density at radius 2 is 1.96 bits per heavy atom. The summed E-state index contributed by atoms with van der Waals surface area (Å²) < 4.78 is 1.50. The van der Waals surface area contributed by atoms with Gasteiger partial charge in [0.05, 0.1) is 16.9 Å². The first kappa shape index (κ1) is 19.4. The monoisotopic (exact) mass is 403 g/mol. The molecule has 3 rings (SSSR count). The molecule has 0 saturated carbocycles. The lowest BCUT2D eigenvalue weighted by molar-refractivity contribution is -0.121. The lowest BCUT2D eigenvalue weighted by Crippen LogP contribution is -2.28. The number of carbonyl (C=O) groups is 1. The number of nitrogens with zero attached hydrogens (tertiary/aromatic N) is 2. The van der Waals surface area contributed by atoms with Crippen LogP contribution in [0.1, 0.15) is 30.8 Å². The third-order valence-corrected chi connectivity index (χ3v) is 5.02. The molecule has 2 aromatic carbocycles. The number of para-hydroxylation sites is 1. The van der Waals surface area contributed by atoms with Crippen molar-refractivity contribution in [2.24, 2.45) is 7.05 Å². The molecule has 0 radical (unpaired) electrons. The van der Waals surface area contributed by atoms with Crippen molar-refractivity contribution < 1.29 is 4.79 Å². The second-order valence-corrected chi connectivity index (χ2v) is 7.21. The Labute approximate surface area is 166 Å². The van der Waals surface area contributed by atoms with Gasteiger partial charge in [-0.25, -0.2) is 4.98 Å². The second-order valence-electron chi connectivity index (χ2n) is 6.36. The molecule has 0 fully saturated rings. The predicted octanol–water partition coefficient (Wildman–Crippen LogP) is 4.05. The Balaban J connectivity index is 1.70. The summed E-state index contributed by atoms with van der Waals surface area (Å²) >= 11 is 12.1. The number of nitrogens with one attached hydrogen (secondary N) is 1. The zero-order chi connectivity index (χ0) is 19.6. The molecule has 140 valence electrons. The Morgan fingerprint density at radius 1 is 1.22 bits per heavy atom. The van der Waals surface area contributed by atoms with Crippen LogP contribution in [0.25, 0.3) is 10.9 Å². The number of carbonyl (C=O) groups excluding carboxylic acids is 1. The van der Waals surface area contributed by atoms with Gasteiger partial charge in [0.2, 0.25) is 5.91 Å². The third kappa shape index (κ3) is 4.31. The molecule has 1 aromatic heterocycles. The third-order valence-electron chi connectivity index (χ3n) is 4.46. The highest BCUT2D eigenvalue weighted by molar-refractivity contribution is 6.35. The molecule has 0 aliphatic carbocycles. The number of benzene rings is 2. The smallest absolute Gasteiger partial charge is 0.261 e. The highest BCUT2D eigenvalue weighted by Crippen LogP contribution is 2.26. The maximum atomic E-state index is 12.4. The minimum atomic E-state index is -0.254. The van der Waals surface area contributed by atoms with Crippen molar-refractivity contribution in [2.45, 2.75) is 25.8 Å². The molecule has 7 heteroatoms. The number of hydrogen-bond acceptors (Lipinski definition) is 3. The van der Waals surface area contributed by atoms with Crippen LogP contribution < -0.4 is 10.9 Å². The fourth-order valence-corrected chi connectivity index (χ4v) is 3.53. The summed E-state index contributed by atoms with van der Waals surface area (Å²) in [6.45, 7) is 1.86. The molecule has 1 heterocycles. The lowest BCUT2D eigenvalue weighted by atomic mass is 10.1. The maximum absolute atomic E-state index is 12.4. The molecular weight excluding hydrogens is 385 g/mol. The summed E-state index contributed by atoms with van der Waals surface area (Å²) in [5, 5.41) is 4.54. The summed E-state index contributed by atoms with van der Waals surface area (Å²) in [6, 6.07) is 12.1. The van der Waals surface area contributed by atoms with E-state index >= 15 is 0 Å². The SMILES string of the molecule is C[C@@H](NC(=O)CCc1nc2ccccc2c(=O)n1C)c1ccc(Cl)cc1Cl. The van der Waals surface area contributed by atoms with Gasteiger partial charge in [0.1, 0.15) is 5.82 Å². The van der Waals surface area contributed by atoms with Gasteiger partial charge in [-0.05, 0) is 36.8 Å². The Morgan fingerprint density at radius 3 is 2.70 bits per heavy atom. The van der Waals surface area contributed by atoms with E-state index in [9.17, 15) is 9.59 Å². The van der Waals surface area contributed by atoms with Crippen LogP contribution in [0.5, 0.6) is 0 Å². The molecule has 0 aliphatic rings. The summed E-state index contributed by atoms with van der Waals surface area (Å²) in [5.74, 6) is 0.432. The van der Waals surface area contributed by atoms with Crippen molar-refractivity contribution in [1.82, 2.24) is 14.9 Å². The molecule has 0 aliphatic heterocycles. The standard InChI is InChI=1S/C20H19Cl2N3O2/c1-12(14-8-7-13(21)11-16(14)22)23-19(26)10-9-18-24-17-6-4-3-5-15(17)20(27)25(18)2/h3-8,11-12H,9-10H2,1-2H3,(H,23,26)/t12-/m1/s1. The summed E-state index contributed by atoms with van der Waals surface area (Å²) in [4.78, 5) is 29.3. The van der Waals surface area contributed by atoms with Crippen LogP contribution in [0.2, 0.25) is 10.0 Å². The second kappa shape index (κ2) is 8.11. The van der Waals surface area contributed by atoms with E-state index in [1.807, 2.05) is 19.1 Å². The quantitative estimate of drug-likeness (QED) is 0.698. The Kier molecular flexibility index (Phi) is 5.82. The van der Waals surface area contributed by atoms with Gasteiger partial charge in [0.25, 0.3) is 5.56 Å². The molecule has 1 atom stereocenters. The molecule has 0 bridgehead atoms. The van der Waals surface area contributed by atoms with Crippen molar-refractivity contribution in [3.05, 3.63) is 74.3 Å². The first-order valence-electron chi connectivity index (χ1n) is 8.56. The average molecular weight is 404 g/mol. The van der Waals surface area contributed by atoms with Gasteiger partial charge < -0.3 is 5.32 Å². The van der Waals surface area contributed by atoms with Crippen molar-refractivity contribution in [1.29, 1.82) is 0 Å². The molecular formula is C20H19Cl2N3O2. The molecule has 0 saturated heterocycles. The van der Waals surface area contributed by atoms with Crippen LogP contribution in [-0.2, 0) is 18.3 Å². The van der Waals surface area contributed by atoms with Gasteiger partial charge >= 0.3 is 0 Å². The van der Waals surface area contributed by atoms with E-state index in [0.717, 1.165) is 5.56 Å². The van der Waals surface area contributed by atoms with Gasteiger partial charge in [0, 0.05) is 29.9 Å². The largest absolute Gasteiger partial charge is 0.350 e. The lowest BCUT2D eigenvalue weighted by Gasteiger charge is -2.16. The van der Waals surface area contributed by atoms with E-state index in [0.29, 0.717) is 33.2 Å². The van der Waals surface area contributed by atoms with E-state index < -0.39 is 0 Å². The van der Waals surface area contributed by atoms with Crippen LogP contribution >= 0.6 is 23.2 Å². The number of aryl methyl sites for hydroxylation is 1. The highest BCUT2D eigenvalue weighted by atomic mass is 35.5. The van der Waals surface area contributed by atoms with Crippen molar-refractivity contribution in [2.75, 3.05) is 0 Å². The predicted molar refractivity (Wildman–Crippen MR) is 108 cm³/mol. The Bertz CT molecular complexity index is 1060. The summed E-state index contributed by atoms with van der Waals surface area (Å²) in [7, 11) is 1.67. The van der Waals surface area contributed by atoms with Crippen LogP contribution in [0, 0.1) is 0 Å². The number of rotatable bonds is 5. The topological polar surface area (TPSA) is 64.0 Å². The zero-order valence-corrected chi connectivity index (χ0v) is 16.5. The fraction of sp³-hybridized carbons (Fsp3) is 0.250. The van der Waals surface area contributed by atoms with Crippen molar-refractivity contribution >= 4 is 40.0 Å². The van der Waals surface area contributed by atoms with E-state index in [1.165, 1.54) is 4.57 Å².